The molecule has 142 valence electrons. The highest BCUT2D eigenvalue weighted by Gasteiger charge is 2.44. The number of benzene rings is 1. The quantitative estimate of drug-likeness (QED) is 0.807. The molecule has 26 heavy (non-hydrogen) atoms. The van der Waals surface area contributed by atoms with Crippen LogP contribution < -0.4 is 0 Å². The largest absolute Gasteiger partial charge is 0.341 e. The number of amides is 2. The Morgan fingerprint density at radius 2 is 1.77 bits per heavy atom. The summed E-state index contributed by atoms with van der Waals surface area (Å²) in [5, 5.41) is -0.0368. The van der Waals surface area contributed by atoms with E-state index in [9.17, 15) is 14.0 Å². The third-order valence-electron chi connectivity index (χ3n) is 5.31. The first-order chi connectivity index (χ1) is 12.4. The Kier molecular flexibility index (Phi) is 5.90. The second kappa shape index (κ2) is 7.99. The van der Waals surface area contributed by atoms with E-state index in [1.54, 1.807) is 16.7 Å². The Morgan fingerprint density at radius 3 is 2.35 bits per heavy atom. The molecule has 0 aromatic heterocycles. The average Bonchev–Trinajstić information content (AvgIpc) is 3.07. The number of thioether (sulfide) groups is 1. The molecule has 2 fully saturated rings. The monoisotopic (exact) mass is 378 g/mol. The summed E-state index contributed by atoms with van der Waals surface area (Å²) < 4.78 is 13.2. The minimum absolute atomic E-state index is 0.0368. The van der Waals surface area contributed by atoms with Crippen molar-refractivity contribution in [3.63, 3.8) is 0 Å². The summed E-state index contributed by atoms with van der Waals surface area (Å²) in [6, 6.07) is 5.16. The van der Waals surface area contributed by atoms with Gasteiger partial charge in [-0.3, -0.25) is 9.59 Å². The molecule has 1 aromatic rings. The van der Waals surface area contributed by atoms with Gasteiger partial charge < -0.3 is 9.80 Å². The molecule has 2 heterocycles. The third kappa shape index (κ3) is 3.90. The zero-order valence-corrected chi connectivity index (χ0v) is 16.5. The molecule has 2 aliphatic heterocycles. The second-order valence-electron chi connectivity index (χ2n) is 7.71. The van der Waals surface area contributed by atoms with Crippen molar-refractivity contribution in [1.82, 2.24) is 9.80 Å². The van der Waals surface area contributed by atoms with Crippen molar-refractivity contribution in [1.29, 1.82) is 0 Å². The third-order valence-corrected chi connectivity index (χ3v) is 6.93. The van der Waals surface area contributed by atoms with E-state index in [4.69, 9.17) is 0 Å². The zero-order valence-electron chi connectivity index (χ0n) is 15.7. The fourth-order valence-corrected chi connectivity index (χ4v) is 5.14. The van der Waals surface area contributed by atoms with E-state index in [-0.39, 0.29) is 28.9 Å². The molecular weight excluding hydrogens is 351 g/mol. The molecule has 4 nitrogen and oxygen atoms in total. The van der Waals surface area contributed by atoms with E-state index in [0.717, 1.165) is 25.9 Å². The number of carbonyl (C=O) groups excluding carboxylic acids is 2. The Bertz CT molecular complexity index is 656. The van der Waals surface area contributed by atoms with Crippen LogP contribution in [0.1, 0.15) is 44.0 Å². The predicted molar refractivity (Wildman–Crippen MR) is 102 cm³/mol. The van der Waals surface area contributed by atoms with Gasteiger partial charge in [0.2, 0.25) is 5.91 Å². The van der Waals surface area contributed by atoms with Crippen molar-refractivity contribution in [2.75, 3.05) is 18.8 Å². The molecule has 6 heteroatoms. The van der Waals surface area contributed by atoms with Gasteiger partial charge in [0.1, 0.15) is 11.9 Å². The van der Waals surface area contributed by atoms with Gasteiger partial charge in [-0.1, -0.05) is 20.8 Å². The van der Waals surface area contributed by atoms with Crippen molar-refractivity contribution in [2.45, 2.75) is 45.0 Å². The van der Waals surface area contributed by atoms with Gasteiger partial charge in [0.05, 0.1) is 5.37 Å². The minimum Gasteiger partial charge on any atom is -0.341 e. The van der Waals surface area contributed by atoms with Gasteiger partial charge in [-0.25, -0.2) is 4.39 Å². The van der Waals surface area contributed by atoms with E-state index < -0.39 is 6.04 Å². The number of nitrogens with zero attached hydrogens (tertiary/aromatic N) is 2. The minimum atomic E-state index is -0.432. The lowest BCUT2D eigenvalue weighted by atomic mass is 9.98. The van der Waals surface area contributed by atoms with Crippen molar-refractivity contribution in [3.05, 3.63) is 35.6 Å². The average molecular weight is 379 g/mol. The first-order valence-corrected chi connectivity index (χ1v) is 10.4. The highest BCUT2D eigenvalue weighted by Crippen LogP contribution is 2.36. The number of hydrogen-bond donors (Lipinski definition) is 0. The number of halogens is 1. The van der Waals surface area contributed by atoms with E-state index in [1.807, 2.05) is 4.90 Å². The first-order valence-electron chi connectivity index (χ1n) is 9.37. The van der Waals surface area contributed by atoms with Crippen molar-refractivity contribution < 1.29 is 14.0 Å². The molecule has 0 spiro atoms. The molecule has 2 atom stereocenters. The number of likely N-dealkylation sites (tertiary alicyclic amines) is 1. The second-order valence-corrected chi connectivity index (χ2v) is 8.86. The van der Waals surface area contributed by atoms with E-state index in [0.29, 0.717) is 17.2 Å². The molecule has 0 unspecified atom stereocenters. The lowest BCUT2D eigenvalue weighted by Crippen LogP contribution is -2.53. The van der Waals surface area contributed by atoms with Gasteiger partial charge >= 0.3 is 0 Å². The lowest BCUT2D eigenvalue weighted by molar-refractivity contribution is -0.136. The highest BCUT2D eigenvalue weighted by molar-refractivity contribution is 8.00. The normalized spacial score (nSPS) is 24.3. The van der Waals surface area contributed by atoms with Crippen LogP contribution in [-0.4, -0.2) is 51.9 Å². The Balaban J connectivity index is 1.83. The van der Waals surface area contributed by atoms with Crippen LogP contribution in [0, 0.1) is 17.7 Å². The Hall–Kier alpha value is -1.56. The van der Waals surface area contributed by atoms with Crippen LogP contribution in [0.15, 0.2) is 24.3 Å². The van der Waals surface area contributed by atoms with E-state index >= 15 is 0 Å². The topological polar surface area (TPSA) is 40.6 Å². The summed E-state index contributed by atoms with van der Waals surface area (Å²) in [7, 11) is 0. The van der Waals surface area contributed by atoms with E-state index in [2.05, 4.69) is 20.8 Å². The summed E-state index contributed by atoms with van der Waals surface area (Å²) in [5.74, 6) is 1.02. The maximum absolute atomic E-state index is 13.2. The van der Waals surface area contributed by atoms with Crippen LogP contribution in [-0.2, 0) is 4.79 Å². The molecule has 0 aliphatic carbocycles. The SMILES string of the molecule is CC1CCN(C(=O)[C@H]2CS[C@@H](C(C)C)N2C(=O)c2ccc(F)cc2)CC1. The van der Waals surface area contributed by atoms with Gasteiger partial charge in [-0.15, -0.1) is 11.8 Å². The maximum Gasteiger partial charge on any atom is 0.255 e. The highest BCUT2D eigenvalue weighted by atomic mass is 32.2. The summed E-state index contributed by atoms with van der Waals surface area (Å²) >= 11 is 1.67. The number of rotatable bonds is 3. The van der Waals surface area contributed by atoms with Crippen molar-refractivity contribution in [3.8, 4) is 0 Å². The van der Waals surface area contributed by atoms with Crippen LogP contribution in [0.5, 0.6) is 0 Å². The van der Waals surface area contributed by atoms with Gasteiger partial charge in [-0.2, -0.15) is 0 Å². The molecule has 3 rings (SSSR count). The zero-order chi connectivity index (χ0) is 18.8. The molecule has 0 N–H and O–H groups in total. The maximum atomic E-state index is 13.2. The fraction of sp³-hybridized carbons (Fsp3) is 0.600. The number of piperidine rings is 1. The molecule has 2 amide bonds. The molecule has 2 aliphatic rings. The van der Waals surface area contributed by atoms with Crippen molar-refractivity contribution in [2.24, 2.45) is 11.8 Å². The molecule has 1 aromatic carbocycles. The van der Waals surface area contributed by atoms with Gasteiger partial charge in [-0.05, 0) is 48.9 Å². The predicted octanol–water partition coefficient (Wildman–Crippen LogP) is 3.62. The lowest BCUT2D eigenvalue weighted by Gasteiger charge is -2.36. The van der Waals surface area contributed by atoms with Crippen molar-refractivity contribution >= 4 is 23.6 Å². The smallest absolute Gasteiger partial charge is 0.255 e. The molecule has 0 bridgehead atoms. The van der Waals surface area contributed by atoms with Crippen LogP contribution in [0.2, 0.25) is 0 Å². The molecule has 2 saturated heterocycles. The number of hydrogen-bond acceptors (Lipinski definition) is 3. The van der Waals surface area contributed by atoms with Crippen LogP contribution in [0.25, 0.3) is 0 Å². The number of carbonyl (C=O) groups is 2. The van der Waals surface area contributed by atoms with Crippen LogP contribution in [0.3, 0.4) is 0 Å². The van der Waals surface area contributed by atoms with Gasteiger partial charge in [0.15, 0.2) is 0 Å². The molecule has 0 saturated carbocycles. The summed E-state index contributed by atoms with van der Waals surface area (Å²) in [4.78, 5) is 29.9. The molecule has 0 radical (unpaired) electrons. The van der Waals surface area contributed by atoms with Gasteiger partial charge in [0, 0.05) is 24.4 Å². The Labute approximate surface area is 159 Å². The van der Waals surface area contributed by atoms with Gasteiger partial charge in [0.25, 0.3) is 5.91 Å². The standard InChI is InChI=1S/C20H27FN2O2S/c1-13(2)20-23(18(24)15-4-6-16(21)7-5-15)17(12-26-20)19(25)22-10-8-14(3)9-11-22/h4-7,13-14,17,20H,8-12H2,1-3H3/t17-,20+/m1/s1. The summed E-state index contributed by atoms with van der Waals surface area (Å²) in [5.41, 5.74) is 0.435. The summed E-state index contributed by atoms with van der Waals surface area (Å²) in [6.45, 7) is 7.89. The van der Waals surface area contributed by atoms with Crippen LogP contribution >= 0.6 is 11.8 Å². The summed E-state index contributed by atoms with van der Waals surface area (Å²) in [6.07, 6.45) is 2.04. The molecular formula is C20H27FN2O2S. The Morgan fingerprint density at radius 1 is 1.15 bits per heavy atom. The first kappa shape index (κ1) is 19.2. The van der Waals surface area contributed by atoms with E-state index in [1.165, 1.54) is 24.3 Å². The fourth-order valence-electron chi connectivity index (χ4n) is 3.67. The van der Waals surface area contributed by atoms with Crippen LogP contribution in [0.4, 0.5) is 4.39 Å².